The Morgan fingerprint density at radius 2 is 2.05 bits per heavy atom. The molecule has 2 heterocycles. The van der Waals surface area contributed by atoms with Crippen LogP contribution in [0.3, 0.4) is 0 Å². The minimum atomic E-state index is -0.523. The van der Waals surface area contributed by atoms with Crippen molar-refractivity contribution >= 4 is 17.8 Å². The molecule has 2 aromatic rings. The molecule has 6 N–H and O–H groups in total. The number of aryl methyl sites for hydroxylation is 1. The number of aromatic nitrogens is 1. The minimum absolute atomic E-state index is 0. The van der Waals surface area contributed by atoms with Crippen LogP contribution >= 0.6 is 0 Å². The standard InChI is InChI=1S/C26H35FN6O2.C2H6.H3N/c1-19-4-5-22(23(14-19)15-30-31-21(3)28)6-9-26(34)33-12-11-32(17-20(33)2)18-24-7-8-25(16-29-24)35-13-10-27;1-2;/h4-9,14,16,20,30H,10-13,15,17-18H2,1-3H3,(H2,28,31);1-2H3;1H3/b9-6+;;/t20-;;/m1../s1. The summed E-state index contributed by atoms with van der Waals surface area (Å²) in [4.78, 5) is 21.6. The molecule has 0 bridgehead atoms. The van der Waals surface area contributed by atoms with Crippen molar-refractivity contribution in [3.8, 4) is 5.75 Å². The number of hydrogen-bond acceptors (Lipinski definition) is 7. The molecule has 0 radical (unpaired) electrons. The molecule has 210 valence electrons. The molecule has 1 aliphatic rings. The predicted molar refractivity (Wildman–Crippen MR) is 153 cm³/mol. The van der Waals surface area contributed by atoms with Crippen molar-refractivity contribution in [1.29, 1.82) is 0 Å². The van der Waals surface area contributed by atoms with Crippen LogP contribution in [-0.2, 0) is 17.9 Å². The number of ether oxygens (including phenoxy) is 1. The fraction of sp³-hybridized carbons (Fsp3) is 0.464. The van der Waals surface area contributed by atoms with Gasteiger partial charge in [-0.1, -0.05) is 37.6 Å². The highest BCUT2D eigenvalue weighted by Gasteiger charge is 2.26. The number of amidine groups is 1. The van der Waals surface area contributed by atoms with Crippen LogP contribution in [-0.4, -0.2) is 65.5 Å². The molecule has 1 aromatic carbocycles. The van der Waals surface area contributed by atoms with E-state index in [0.29, 0.717) is 31.2 Å². The van der Waals surface area contributed by atoms with Crippen molar-refractivity contribution in [2.75, 3.05) is 32.9 Å². The average Bonchev–Trinajstić information content (AvgIpc) is 2.88. The summed E-state index contributed by atoms with van der Waals surface area (Å²) in [6.45, 7) is 12.7. The second-order valence-electron chi connectivity index (χ2n) is 8.76. The number of piperazine rings is 1. The molecule has 1 aliphatic heterocycles. The van der Waals surface area contributed by atoms with Crippen LogP contribution in [0.1, 0.15) is 50.1 Å². The van der Waals surface area contributed by atoms with Gasteiger partial charge in [0, 0.05) is 38.3 Å². The zero-order valence-corrected chi connectivity index (χ0v) is 23.4. The number of hydrogen-bond donors (Lipinski definition) is 3. The van der Waals surface area contributed by atoms with Gasteiger partial charge in [0.2, 0.25) is 5.91 Å². The third-order valence-electron chi connectivity index (χ3n) is 5.75. The molecular formula is C28H44FN7O2. The average molecular weight is 530 g/mol. The van der Waals surface area contributed by atoms with E-state index in [-0.39, 0.29) is 24.7 Å². The highest BCUT2D eigenvalue weighted by atomic mass is 19.1. The molecular weight excluding hydrogens is 485 g/mol. The van der Waals surface area contributed by atoms with Crippen LogP contribution < -0.4 is 22.0 Å². The summed E-state index contributed by atoms with van der Waals surface area (Å²) >= 11 is 0. The molecule has 38 heavy (non-hydrogen) atoms. The lowest BCUT2D eigenvalue weighted by Gasteiger charge is -2.39. The number of nitrogens with one attached hydrogen (secondary N) is 1. The normalized spacial score (nSPS) is 15.9. The molecule has 1 fully saturated rings. The molecule has 0 spiro atoms. The van der Waals surface area contributed by atoms with Gasteiger partial charge in [0.15, 0.2) is 0 Å². The fourth-order valence-corrected chi connectivity index (χ4v) is 4.04. The highest BCUT2D eigenvalue weighted by molar-refractivity contribution is 5.92. The molecule has 1 saturated heterocycles. The largest absolute Gasteiger partial charge is 0.489 e. The Labute approximate surface area is 226 Å². The van der Waals surface area contributed by atoms with Crippen LogP contribution in [0.2, 0.25) is 0 Å². The third kappa shape index (κ3) is 10.5. The van der Waals surface area contributed by atoms with Gasteiger partial charge in [0.05, 0.1) is 18.4 Å². The van der Waals surface area contributed by atoms with E-state index < -0.39 is 6.67 Å². The maximum Gasteiger partial charge on any atom is 0.246 e. The molecule has 1 atom stereocenters. The van der Waals surface area contributed by atoms with E-state index in [1.807, 2.05) is 56.0 Å². The van der Waals surface area contributed by atoms with Crippen molar-refractivity contribution in [1.82, 2.24) is 26.4 Å². The molecule has 1 amide bonds. The molecule has 3 rings (SSSR count). The van der Waals surface area contributed by atoms with E-state index >= 15 is 0 Å². The number of hydrazone groups is 1. The Hall–Kier alpha value is -3.50. The monoisotopic (exact) mass is 529 g/mol. The van der Waals surface area contributed by atoms with Gasteiger partial charge >= 0.3 is 0 Å². The Morgan fingerprint density at radius 1 is 1.29 bits per heavy atom. The summed E-state index contributed by atoms with van der Waals surface area (Å²) in [5.74, 6) is 1.03. The van der Waals surface area contributed by atoms with Crippen LogP contribution in [0.25, 0.3) is 6.08 Å². The lowest BCUT2D eigenvalue weighted by atomic mass is 10.0. The Bertz CT molecular complexity index is 1040. The van der Waals surface area contributed by atoms with Gasteiger partial charge in [-0.25, -0.2) is 4.39 Å². The van der Waals surface area contributed by atoms with E-state index in [2.05, 4.69) is 33.4 Å². The number of halogens is 1. The number of rotatable bonds is 10. The maximum absolute atomic E-state index is 13.0. The van der Waals surface area contributed by atoms with Crippen LogP contribution in [0, 0.1) is 6.92 Å². The van der Waals surface area contributed by atoms with E-state index in [9.17, 15) is 9.18 Å². The summed E-state index contributed by atoms with van der Waals surface area (Å²) in [5, 5.41) is 4.04. The number of alkyl halides is 1. The Kier molecular flexibility index (Phi) is 14.6. The number of carbonyl (C=O) groups is 1. The van der Waals surface area contributed by atoms with Gasteiger partial charge in [0.1, 0.15) is 24.9 Å². The third-order valence-corrected chi connectivity index (χ3v) is 5.75. The van der Waals surface area contributed by atoms with Gasteiger partial charge in [-0.3, -0.25) is 14.7 Å². The number of nitrogens with two attached hydrogens (primary N) is 1. The van der Waals surface area contributed by atoms with E-state index in [0.717, 1.165) is 35.5 Å². The first-order valence-electron chi connectivity index (χ1n) is 12.8. The van der Waals surface area contributed by atoms with Crippen molar-refractivity contribution in [3.05, 3.63) is 65.0 Å². The van der Waals surface area contributed by atoms with Crippen LogP contribution in [0.15, 0.2) is 47.7 Å². The lowest BCUT2D eigenvalue weighted by Crippen LogP contribution is -2.53. The van der Waals surface area contributed by atoms with Crippen molar-refractivity contribution in [2.45, 2.75) is 53.8 Å². The summed E-state index contributed by atoms with van der Waals surface area (Å²) in [7, 11) is 0. The van der Waals surface area contributed by atoms with Gasteiger partial charge in [-0.2, -0.15) is 5.10 Å². The van der Waals surface area contributed by atoms with Crippen LogP contribution in [0.4, 0.5) is 4.39 Å². The van der Waals surface area contributed by atoms with Crippen molar-refractivity contribution in [2.24, 2.45) is 10.8 Å². The summed E-state index contributed by atoms with van der Waals surface area (Å²) < 4.78 is 17.5. The SMILES string of the molecule is C/C(N)=N/NCc1cc(C)ccc1/C=C/C(=O)N1CCN(Cc2ccc(OCCF)cn2)C[C@H]1C.CC.N. The number of nitrogens with zero attached hydrogens (tertiary/aromatic N) is 4. The summed E-state index contributed by atoms with van der Waals surface area (Å²) in [6.07, 6.45) is 5.14. The Morgan fingerprint density at radius 3 is 2.68 bits per heavy atom. The van der Waals surface area contributed by atoms with Gasteiger partial charge in [0.25, 0.3) is 0 Å². The molecule has 9 nitrogen and oxygen atoms in total. The van der Waals surface area contributed by atoms with E-state index in [1.54, 1.807) is 19.2 Å². The summed E-state index contributed by atoms with van der Waals surface area (Å²) in [6, 6.07) is 9.90. The zero-order chi connectivity index (χ0) is 27.2. The number of carbonyl (C=O) groups excluding carboxylic acids is 1. The zero-order valence-electron chi connectivity index (χ0n) is 23.4. The first-order chi connectivity index (χ1) is 17.9. The van der Waals surface area contributed by atoms with E-state index in [4.69, 9.17) is 10.5 Å². The fourth-order valence-electron chi connectivity index (χ4n) is 4.04. The lowest BCUT2D eigenvalue weighted by molar-refractivity contribution is -0.130. The van der Waals surface area contributed by atoms with Crippen LogP contribution in [0.5, 0.6) is 5.75 Å². The number of pyridine rings is 1. The number of benzene rings is 1. The minimum Gasteiger partial charge on any atom is -0.489 e. The number of amides is 1. The smallest absolute Gasteiger partial charge is 0.246 e. The molecule has 0 saturated carbocycles. The summed E-state index contributed by atoms with van der Waals surface area (Å²) in [5.41, 5.74) is 12.6. The van der Waals surface area contributed by atoms with Gasteiger partial charge in [-0.15, -0.1) is 0 Å². The Balaban J connectivity index is 0.00000235. The topological polar surface area (TPSA) is 131 Å². The van der Waals surface area contributed by atoms with Gasteiger partial charge < -0.3 is 26.9 Å². The molecule has 0 aliphatic carbocycles. The molecule has 1 aromatic heterocycles. The first kappa shape index (κ1) is 32.5. The van der Waals surface area contributed by atoms with Gasteiger partial charge in [-0.05, 0) is 50.1 Å². The maximum atomic E-state index is 13.0. The second kappa shape index (κ2) is 17.1. The molecule has 10 heteroatoms. The predicted octanol–water partition coefficient (Wildman–Crippen LogP) is 4.05. The highest BCUT2D eigenvalue weighted by Crippen LogP contribution is 2.17. The van der Waals surface area contributed by atoms with Crippen molar-refractivity contribution in [3.63, 3.8) is 0 Å². The molecule has 0 unspecified atom stereocenters. The first-order valence-corrected chi connectivity index (χ1v) is 12.8. The second-order valence-corrected chi connectivity index (χ2v) is 8.76. The van der Waals surface area contributed by atoms with Crippen molar-refractivity contribution < 1.29 is 13.9 Å². The quantitative estimate of drug-likeness (QED) is 0.183. The van der Waals surface area contributed by atoms with E-state index in [1.165, 1.54) is 0 Å².